The van der Waals surface area contributed by atoms with E-state index in [1.165, 1.54) is 0 Å². The molecule has 3 aliphatic rings. The molecule has 0 spiro atoms. The lowest BCUT2D eigenvalue weighted by Gasteiger charge is -2.35. The molecule has 14 rings (SSSR count). The van der Waals surface area contributed by atoms with Gasteiger partial charge in [-0.1, -0.05) is 64.6 Å². The van der Waals surface area contributed by atoms with E-state index in [4.69, 9.17) is 36.4 Å². The zero-order valence-corrected chi connectivity index (χ0v) is 64.5. The van der Waals surface area contributed by atoms with Crippen LogP contribution < -0.4 is 68.7 Å². The molecule has 27 nitrogen and oxygen atoms in total. The number of nitrogens with zero attached hydrogens (tertiary/aromatic N) is 14. The number of aryl methyl sites for hydroxylation is 1. The van der Waals surface area contributed by atoms with Crippen LogP contribution in [-0.4, -0.2) is 128 Å². The second-order valence-corrected chi connectivity index (χ2v) is 28.6. The largest absolute Gasteiger partial charge is 0.396 e. The van der Waals surface area contributed by atoms with E-state index in [1.54, 1.807) is 48.8 Å². The quantitative estimate of drug-likeness (QED) is 0.0213. The number of aliphatic hydroxyl groups is 1. The topological polar surface area (TPSA) is 330 Å². The van der Waals surface area contributed by atoms with Gasteiger partial charge in [0.1, 0.15) is 11.6 Å². The van der Waals surface area contributed by atoms with Crippen LogP contribution in [-0.2, 0) is 6.42 Å². The molecular weight excluding hydrogens is 1410 g/mol. The predicted octanol–water partition coefficient (Wildman–Crippen LogP) is 15.8. The van der Waals surface area contributed by atoms with Crippen molar-refractivity contribution in [1.82, 2.24) is 53.6 Å². The Kier molecular flexibility index (Phi) is 25.8. The summed E-state index contributed by atoms with van der Waals surface area (Å²) in [6.45, 7) is 37.6. The van der Waals surface area contributed by atoms with Gasteiger partial charge < -0.3 is 82.9 Å². The van der Waals surface area contributed by atoms with Gasteiger partial charge in [0.05, 0.1) is 18.9 Å². The third-order valence-electron chi connectivity index (χ3n) is 19.6. The van der Waals surface area contributed by atoms with Crippen LogP contribution in [0.1, 0.15) is 124 Å². The second kappa shape index (κ2) is 36.7. The first-order chi connectivity index (χ1) is 54.2. The molecule has 0 aliphatic carbocycles. The van der Waals surface area contributed by atoms with Gasteiger partial charge in [0, 0.05) is 155 Å². The fourth-order valence-electron chi connectivity index (χ4n) is 13.6. The van der Waals surface area contributed by atoms with Crippen molar-refractivity contribution >= 4 is 120 Å². The van der Waals surface area contributed by atoms with Crippen LogP contribution in [0, 0.1) is 0 Å². The van der Waals surface area contributed by atoms with E-state index >= 15 is 0 Å². The Labute approximate surface area is 653 Å². The Morgan fingerprint density at radius 1 is 0.527 bits per heavy atom. The number of hydrogen-bond acceptors (Lipinski definition) is 22. The molecule has 6 aromatic heterocycles. The average molecular weight is 1510 g/mol. The molecule has 3 aliphatic heterocycles. The molecule has 0 saturated carbocycles. The first kappa shape index (κ1) is 78.8. The minimum Gasteiger partial charge on any atom is -0.396 e. The van der Waals surface area contributed by atoms with Gasteiger partial charge in [-0.15, -0.1) is 0 Å². The van der Waals surface area contributed by atoms with Gasteiger partial charge >= 0.3 is 0 Å². The minimum atomic E-state index is -0.213. The normalized spacial score (nSPS) is 15.5. The summed E-state index contributed by atoms with van der Waals surface area (Å²) in [4.78, 5) is 66.3. The highest BCUT2D eigenvalue weighted by Crippen LogP contribution is 2.35. The van der Waals surface area contributed by atoms with E-state index in [2.05, 4.69) is 151 Å². The lowest BCUT2D eigenvalue weighted by Crippen LogP contribution is -2.43. The molecule has 5 aromatic carbocycles. The third kappa shape index (κ3) is 19.6. The fourth-order valence-corrected chi connectivity index (χ4v) is 13.6. The number of amides is 2. The molecule has 3 saturated heterocycles. The molecule has 3 atom stereocenters. The summed E-state index contributed by atoms with van der Waals surface area (Å²) in [5, 5.41) is 39.9. The molecule has 112 heavy (non-hydrogen) atoms. The van der Waals surface area contributed by atoms with Crippen molar-refractivity contribution in [3.8, 4) is 0 Å². The Morgan fingerprint density at radius 3 is 1.48 bits per heavy atom. The highest BCUT2D eigenvalue weighted by Gasteiger charge is 2.29. The van der Waals surface area contributed by atoms with Crippen LogP contribution in [0.4, 0.5) is 80.7 Å². The highest BCUT2D eigenvalue weighted by molar-refractivity contribution is 6.05. The first-order valence-corrected chi connectivity index (χ1v) is 38.2. The number of fused-ring (bicyclic) bond motifs is 3. The number of aliphatic hydroxyl groups excluding tert-OH is 1. The van der Waals surface area contributed by atoms with Gasteiger partial charge in [-0.2, -0.15) is 29.5 Å². The van der Waals surface area contributed by atoms with Crippen molar-refractivity contribution in [3.05, 3.63) is 238 Å². The number of benzene rings is 5. The molecule has 0 bridgehead atoms. The SMILES string of the molecule is C=CC(=C)Nc1ccc(C(=O)Nc2cccc(Nc3cc(N4CCCC(N)C4)nc4c(CC)cnn34)c2)cc1.C=CC(=C)Nc1ccc(C(=O)Nc2cccc(Nc3nc(N4CCCC(N)C4)nc4c3ncn4C(C)C)c2)cc1.C=CC(=C)Nc1cccc(Nc2nc(N3CCCCC3CCO)nc3c2ncn3C(C)C)c1. The lowest BCUT2D eigenvalue weighted by molar-refractivity contribution is 0.101. The number of nitrogens with two attached hydrogens (primary N) is 2. The van der Waals surface area contributed by atoms with Crippen LogP contribution in [0.15, 0.2) is 221 Å². The van der Waals surface area contributed by atoms with Crippen LogP contribution in [0.3, 0.4) is 0 Å². The second-order valence-electron chi connectivity index (χ2n) is 28.6. The summed E-state index contributed by atoms with van der Waals surface area (Å²) >= 11 is 0. The van der Waals surface area contributed by atoms with Crippen molar-refractivity contribution in [1.29, 1.82) is 0 Å². The van der Waals surface area contributed by atoms with E-state index in [0.717, 1.165) is 157 Å². The zero-order chi connectivity index (χ0) is 79.0. The summed E-state index contributed by atoms with van der Waals surface area (Å²) in [6.07, 6.45) is 19.4. The van der Waals surface area contributed by atoms with Crippen molar-refractivity contribution in [3.63, 3.8) is 0 Å². The molecule has 11 aromatic rings. The molecular formula is C85H102N24O3. The van der Waals surface area contributed by atoms with Gasteiger partial charge in [-0.05, 0) is 207 Å². The van der Waals surface area contributed by atoms with E-state index in [0.29, 0.717) is 75.9 Å². The van der Waals surface area contributed by atoms with E-state index in [1.807, 2.05) is 125 Å². The Balaban J connectivity index is 0.000000157. The Morgan fingerprint density at radius 2 is 0.991 bits per heavy atom. The maximum absolute atomic E-state index is 12.9. The van der Waals surface area contributed by atoms with Gasteiger partial charge in [0.2, 0.25) is 11.9 Å². The highest BCUT2D eigenvalue weighted by atomic mass is 16.3. The number of carbonyl (C=O) groups excluding carboxylic acids is 2. The van der Waals surface area contributed by atoms with Crippen molar-refractivity contribution in [2.24, 2.45) is 11.5 Å². The number of carbonyl (C=O) groups is 2. The summed E-state index contributed by atoms with van der Waals surface area (Å²) in [5.74, 6) is 3.85. The van der Waals surface area contributed by atoms with Crippen molar-refractivity contribution in [2.45, 2.75) is 123 Å². The van der Waals surface area contributed by atoms with Crippen LogP contribution in [0.2, 0.25) is 0 Å². The molecule has 27 heteroatoms. The zero-order valence-electron chi connectivity index (χ0n) is 64.5. The number of allylic oxidation sites excluding steroid dienone is 3. The van der Waals surface area contributed by atoms with Crippen LogP contribution >= 0.6 is 0 Å². The number of imidazole rings is 2. The number of anilines is 14. The summed E-state index contributed by atoms with van der Waals surface area (Å²) in [6, 6.07) is 40.3. The average Bonchev–Trinajstić information content (AvgIpc) is 1.62. The van der Waals surface area contributed by atoms with E-state index in [-0.39, 0.29) is 48.6 Å². The number of piperidine rings is 3. The first-order valence-electron chi connectivity index (χ1n) is 38.2. The monoisotopic (exact) mass is 1510 g/mol. The molecule has 0 radical (unpaired) electrons. The van der Waals surface area contributed by atoms with Crippen LogP contribution in [0.25, 0.3) is 28.0 Å². The van der Waals surface area contributed by atoms with Gasteiger partial charge in [-0.3, -0.25) is 9.59 Å². The number of aromatic nitrogens is 11. The molecule has 3 fully saturated rings. The lowest BCUT2D eigenvalue weighted by atomic mass is 10.0. The Hall–Kier alpha value is -12.7. The van der Waals surface area contributed by atoms with E-state index < -0.39 is 0 Å². The molecule has 580 valence electrons. The van der Waals surface area contributed by atoms with Gasteiger partial charge in [-0.25, -0.2) is 15.0 Å². The smallest absolute Gasteiger partial charge is 0.255 e. The van der Waals surface area contributed by atoms with Crippen molar-refractivity contribution < 1.29 is 14.7 Å². The summed E-state index contributed by atoms with van der Waals surface area (Å²) in [5.41, 5.74) is 27.0. The number of nitrogens with one attached hydrogen (secondary N) is 8. The number of hydrogen-bond donors (Lipinski definition) is 11. The third-order valence-corrected chi connectivity index (χ3v) is 19.6. The Bertz CT molecular complexity index is 5190. The molecule has 13 N–H and O–H groups in total. The van der Waals surface area contributed by atoms with E-state index in [9.17, 15) is 14.7 Å². The summed E-state index contributed by atoms with van der Waals surface area (Å²) < 4.78 is 5.94. The maximum Gasteiger partial charge on any atom is 0.255 e. The molecule has 3 unspecified atom stereocenters. The maximum atomic E-state index is 12.9. The van der Waals surface area contributed by atoms with Crippen molar-refractivity contribution in [2.75, 3.05) is 96.6 Å². The summed E-state index contributed by atoms with van der Waals surface area (Å²) in [7, 11) is 0. The standard InChI is InChI=1S/C30H35N9O.C30H34N8O.C25H33N7O/c1-5-20(4)33-23-13-11-21(12-14-23)29(40)35-25-10-6-9-24(16-25)34-27-26-28(39(18-32-26)19(2)3)37-30(36-27)38-15-7-8-22(31)17-38;1-4-20(3)33-24-13-11-22(12-14-24)30(39)35-26-10-6-9-25(16-26)34-28-17-27(37-15-7-8-23(31)19-37)36-29-21(5-2)18-32-38(28)29;1-5-18(4)27-19-9-8-10-20(15-19)28-23-22-24(32(16-26-22)17(2)3)30-25(29-23)31-13-7-6-11-21(31)12-14-33/h5-6,9-14,16,18-19,22,33H,1,4,7-8,15,17,31H2,2-3H3,(H,35,40)(H,34,36,37);4,6,9-14,16-18,23,33-34H,1,3,5,7-8,15,19,31H2,2H3,(H,35,39);5,8-10,15-17,21,27,33H,1,4,6-7,11-14H2,2-3H3,(H,28,29,30). The minimum absolute atomic E-state index is 0.0961. The predicted molar refractivity (Wildman–Crippen MR) is 456 cm³/mol. The van der Waals surface area contributed by atoms with Gasteiger partial charge in [0.15, 0.2) is 39.6 Å². The number of rotatable bonds is 27. The molecule has 2 amide bonds. The van der Waals surface area contributed by atoms with Crippen LogP contribution in [0.5, 0.6) is 0 Å². The molecule has 9 heterocycles. The van der Waals surface area contributed by atoms with Gasteiger partial charge in [0.25, 0.3) is 11.8 Å². The fraction of sp³-hybridized carbons (Fsp3) is 0.294.